The first-order chi connectivity index (χ1) is 27.4. The second kappa shape index (κ2) is 26.8. The van der Waals surface area contributed by atoms with Crippen molar-refractivity contribution in [1.82, 2.24) is 31.5 Å². The molecule has 0 aromatic carbocycles. The number of hydrogen-bond acceptors (Lipinski definition) is 14. The molecule has 0 unspecified atom stereocenters. The van der Waals surface area contributed by atoms with E-state index in [0.29, 0.717) is 12.2 Å². The summed E-state index contributed by atoms with van der Waals surface area (Å²) < 4.78 is 0. The third-order valence-electron chi connectivity index (χ3n) is 8.61. The number of thiol groups is 1. The molecule has 19 N–H and O–H groups in total. The third-order valence-corrected chi connectivity index (χ3v) is 9.62. The van der Waals surface area contributed by atoms with Crippen LogP contribution in [-0.2, 0) is 38.4 Å². The Hall–Kier alpha value is -5.08. The quantitative estimate of drug-likeness (QED) is 0.0158. The topological polar surface area (TPSA) is 421 Å². The fourth-order valence-corrected chi connectivity index (χ4v) is 6.31. The van der Waals surface area contributed by atoms with Crippen LogP contribution in [0.5, 0.6) is 0 Å². The van der Waals surface area contributed by atoms with Gasteiger partial charge in [-0.2, -0.15) is 24.4 Å². The van der Waals surface area contributed by atoms with Crippen molar-refractivity contribution in [2.45, 2.75) is 93.7 Å². The number of thioether (sulfide) groups is 1. The van der Waals surface area contributed by atoms with Crippen molar-refractivity contribution in [3.63, 3.8) is 0 Å². The van der Waals surface area contributed by atoms with Gasteiger partial charge in [0.15, 0.2) is 11.9 Å². The van der Waals surface area contributed by atoms with Crippen molar-refractivity contribution >= 4 is 83.6 Å². The number of amides is 7. The first-order valence-corrected chi connectivity index (χ1v) is 20.3. The van der Waals surface area contributed by atoms with Gasteiger partial charge in [-0.3, -0.25) is 48.3 Å². The molecule has 1 saturated heterocycles. The van der Waals surface area contributed by atoms with Gasteiger partial charge in [-0.05, 0) is 57.0 Å². The second-order valence-corrected chi connectivity index (χ2v) is 14.5. The summed E-state index contributed by atoms with van der Waals surface area (Å²) in [5.74, 6) is -7.70. The van der Waals surface area contributed by atoms with Crippen molar-refractivity contribution in [2.75, 3.05) is 44.0 Å². The van der Waals surface area contributed by atoms with E-state index in [9.17, 15) is 48.6 Å². The van der Waals surface area contributed by atoms with E-state index in [4.69, 9.17) is 34.4 Å². The van der Waals surface area contributed by atoms with Crippen LogP contribution in [0.4, 0.5) is 0 Å². The monoisotopic (exact) mass is 862 g/mol. The maximum absolute atomic E-state index is 14.0. The summed E-state index contributed by atoms with van der Waals surface area (Å²) in [6.45, 7) is -0.484. The van der Waals surface area contributed by atoms with E-state index in [1.165, 1.54) is 16.7 Å². The fraction of sp³-hybridized carbons (Fsp3) is 0.688. The van der Waals surface area contributed by atoms with E-state index in [0.717, 1.165) is 0 Å². The molecule has 0 aliphatic carbocycles. The Morgan fingerprint density at radius 3 is 1.79 bits per heavy atom. The van der Waals surface area contributed by atoms with Crippen molar-refractivity contribution in [3.05, 3.63) is 0 Å². The minimum atomic E-state index is -1.79. The standard InChI is InChI=1S/C32H58N14O10S2/c1-58-12-8-17(24(34)50)41-29(55)22-7-4-11-46(22)30(56)19(6-3-10-40-32(37)38)43-28(54)21(15-57)45-27(53)20(13-23(48)49)44-26(52)18(5-2-9-39-31(35)36)42-25(51)16(33)14-47/h16-22,47,57H,2-15,33H2,1H3,(H2,34,50)(H,41,55)(H,42,51)(H,43,54)(H,44,52)(H,45,53)(H,48,49)(H4,35,36,39)(H4,37,38,40)/t16-,17-,18-,19-,20-,21-,22-/m0/s1. The van der Waals surface area contributed by atoms with Crippen molar-refractivity contribution < 1.29 is 48.6 Å². The van der Waals surface area contributed by atoms with Crippen LogP contribution in [0.3, 0.4) is 0 Å². The highest BCUT2D eigenvalue weighted by Crippen LogP contribution is 2.20. The maximum Gasteiger partial charge on any atom is 0.305 e. The van der Waals surface area contributed by atoms with Crippen LogP contribution in [0.1, 0.15) is 51.4 Å². The highest BCUT2D eigenvalue weighted by molar-refractivity contribution is 7.98. The van der Waals surface area contributed by atoms with E-state index in [1.54, 1.807) is 0 Å². The van der Waals surface area contributed by atoms with Crippen LogP contribution in [0.15, 0.2) is 9.98 Å². The van der Waals surface area contributed by atoms with Crippen molar-refractivity contribution in [3.8, 4) is 0 Å². The first kappa shape index (κ1) is 50.9. The summed E-state index contributed by atoms with van der Waals surface area (Å²) in [5.41, 5.74) is 32.5. The van der Waals surface area contributed by atoms with Crippen LogP contribution in [0.2, 0.25) is 0 Å². The lowest BCUT2D eigenvalue weighted by Crippen LogP contribution is -2.60. The third kappa shape index (κ3) is 18.5. The minimum Gasteiger partial charge on any atom is -0.481 e. The van der Waals surface area contributed by atoms with E-state index < -0.39 is 103 Å². The molecule has 7 amide bonds. The number of nitrogens with two attached hydrogens (primary N) is 6. The van der Waals surface area contributed by atoms with E-state index in [1.807, 2.05) is 6.26 Å². The number of aliphatic hydroxyl groups excluding tert-OH is 1. The summed E-state index contributed by atoms with van der Waals surface area (Å²) in [6.07, 6.45) is 2.06. The number of nitrogens with zero attached hydrogens (tertiary/aromatic N) is 3. The number of primary amides is 1. The molecule has 0 radical (unpaired) electrons. The summed E-state index contributed by atoms with van der Waals surface area (Å²) in [4.78, 5) is 113. The Morgan fingerprint density at radius 1 is 0.759 bits per heavy atom. The molecular weight excluding hydrogens is 805 g/mol. The first-order valence-electron chi connectivity index (χ1n) is 18.3. The summed E-state index contributed by atoms with van der Waals surface area (Å²) >= 11 is 5.62. The predicted octanol–water partition coefficient (Wildman–Crippen LogP) is -6.53. The molecule has 0 bridgehead atoms. The van der Waals surface area contributed by atoms with Gasteiger partial charge in [-0.15, -0.1) is 0 Å². The molecule has 0 aromatic heterocycles. The summed E-state index contributed by atoms with van der Waals surface area (Å²) in [5, 5.41) is 30.9. The van der Waals surface area contributed by atoms with E-state index in [-0.39, 0.29) is 75.8 Å². The molecule has 26 heteroatoms. The molecule has 0 aromatic rings. The molecule has 1 heterocycles. The van der Waals surface area contributed by atoms with Gasteiger partial charge in [0, 0.05) is 25.4 Å². The normalized spacial score (nSPS) is 16.6. The number of carboxylic acids is 1. The molecule has 1 aliphatic rings. The highest BCUT2D eigenvalue weighted by Gasteiger charge is 2.39. The molecule has 1 rings (SSSR count). The van der Waals surface area contributed by atoms with Crippen molar-refractivity contribution in [1.29, 1.82) is 0 Å². The number of carboxylic acid groups (broad SMARTS) is 1. The van der Waals surface area contributed by atoms with Gasteiger partial charge in [-0.1, -0.05) is 0 Å². The number of nitrogens with one attached hydrogen (secondary N) is 5. The molecule has 1 aliphatic heterocycles. The molecular formula is C32H58N14O10S2. The molecule has 24 nitrogen and oxygen atoms in total. The number of likely N-dealkylation sites (tertiary alicyclic amines) is 1. The fourth-order valence-electron chi connectivity index (χ4n) is 5.58. The predicted molar refractivity (Wildman–Crippen MR) is 218 cm³/mol. The average Bonchev–Trinajstić information content (AvgIpc) is 3.66. The molecule has 328 valence electrons. The zero-order valence-corrected chi connectivity index (χ0v) is 34.0. The minimum absolute atomic E-state index is 0.0228. The van der Waals surface area contributed by atoms with Gasteiger partial charge in [0.25, 0.3) is 0 Å². The van der Waals surface area contributed by atoms with Gasteiger partial charge in [0.1, 0.15) is 42.3 Å². The van der Waals surface area contributed by atoms with Crippen molar-refractivity contribution in [2.24, 2.45) is 44.4 Å². The number of carbonyl (C=O) groups excluding carboxylic acids is 7. The lowest BCUT2D eigenvalue weighted by atomic mass is 10.1. The van der Waals surface area contributed by atoms with Crippen LogP contribution >= 0.6 is 24.4 Å². The van der Waals surface area contributed by atoms with Crippen LogP contribution in [0.25, 0.3) is 0 Å². The van der Waals surface area contributed by atoms with E-state index >= 15 is 0 Å². The Labute approximate surface area is 345 Å². The van der Waals surface area contributed by atoms with E-state index in [2.05, 4.69) is 49.2 Å². The Kier molecular flexibility index (Phi) is 23.5. The molecule has 7 atom stereocenters. The number of guanidine groups is 2. The van der Waals surface area contributed by atoms with Gasteiger partial charge < -0.3 is 76.1 Å². The largest absolute Gasteiger partial charge is 0.481 e. The highest BCUT2D eigenvalue weighted by atomic mass is 32.2. The maximum atomic E-state index is 14.0. The number of hydrogen-bond donors (Lipinski definition) is 14. The lowest BCUT2D eigenvalue weighted by molar-refractivity contribution is -0.143. The molecule has 58 heavy (non-hydrogen) atoms. The Morgan fingerprint density at radius 2 is 1.28 bits per heavy atom. The SMILES string of the molecule is CSCC[C@H](NC(=O)[C@@H]1CCCN1C(=O)[C@H](CCCN=C(N)N)NC(=O)[C@H](CS)NC(=O)[C@H](CC(=O)O)NC(=O)[C@H](CCCN=C(N)N)NC(=O)[C@@H](N)CO)C(N)=O. The molecule has 0 saturated carbocycles. The smallest absolute Gasteiger partial charge is 0.305 e. The Bertz CT molecular complexity index is 1500. The van der Waals surface area contributed by atoms with Gasteiger partial charge in [-0.25, -0.2) is 0 Å². The number of aliphatic hydroxyl groups is 1. The number of rotatable bonds is 27. The zero-order chi connectivity index (χ0) is 43.9. The Balaban J connectivity index is 3.27. The number of aliphatic carboxylic acids is 1. The second-order valence-electron chi connectivity index (χ2n) is 13.1. The molecule has 1 fully saturated rings. The number of carbonyl (C=O) groups is 8. The summed E-state index contributed by atoms with van der Waals surface area (Å²) in [7, 11) is 0. The van der Waals surface area contributed by atoms with Gasteiger partial charge in [0.2, 0.25) is 41.4 Å². The number of aliphatic imine (C=N–C) groups is 2. The summed E-state index contributed by atoms with van der Waals surface area (Å²) in [6, 6.07) is -9.29. The molecule has 0 spiro atoms. The lowest BCUT2D eigenvalue weighted by Gasteiger charge is -2.30. The van der Waals surface area contributed by atoms with Gasteiger partial charge in [0.05, 0.1) is 13.0 Å². The van der Waals surface area contributed by atoms with Crippen LogP contribution in [-0.4, -0.2) is 161 Å². The zero-order valence-electron chi connectivity index (χ0n) is 32.3. The van der Waals surface area contributed by atoms with Gasteiger partial charge >= 0.3 is 5.97 Å². The van der Waals surface area contributed by atoms with Crippen LogP contribution in [0, 0.1) is 0 Å². The average molecular weight is 863 g/mol. The van der Waals surface area contributed by atoms with Crippen LogP contribution < -0.4 is 61.0 Å².